The van der Waals surface area contributed by atoms with Gasteiger partial charge in [0.15, 0.2) is 0 Å². The van der Waals surface area contributed by atoms with Crippen LogP contribution >= 0.6 is 11.6 Å². The molecule has 0 heterocycles. The van der Waals surface area contributed by atoms with E-state index < -0.39 is 0 Å². The third-order valence-corrected chi connectivity index (χ3v) is 5.41. The fourth-order valence-corrected chi connectivity index (χ4v) is 3.52. The van der Waals surface area contributed by atoms with Gasteiger partial charge in [0.25, 0.3) is 0 Å². The van der Waals surface area contributed by atoms with E-state index in [1.54, 1.807) is 18.2 Å². The average Bonchev–Trinajstić information content (AvgIpc) is 2.65. The number of halogens is 2. The second-order valence-electron chi connectivity index (χ2n) is 7.00. The highest BCUT2D eigenvalue weighted by molar-refractivity contribution is 6.31. The summed E-state index contributed by atoms with van der Waals surface area (Å²) < 4.78 is 13.2. The summed E-state index contributed by atoms with van der Waals surface area (Å²) in [6, 6.07) is 11.3. The van der Waals surface area contributed by atoms with Crippen LogP contribution in [-0.2, 0) is 9.59 Å². The van der Waals surface area contributed by atoms with E-state index in [1.807, 2.05) is 19.1 Å². The number of hydrogen-bond acceptors (Lipinski definition) is 2. The van der Waals surface area contributed by atoms with Crippen molar-refractivity contribution in [2.45, 2.75) is 32.6 Å². The van der Waals surface area contributed by atoms with E-state index in [2.05, 4.69) is 10.6 Å². The van der Waals surface area contributed by atoms with E-state index in [-0.39, 0.29) is 29.5 Å². The number of carbonyl (C=O) groups is 2. The van der Waals surface area contributed by atoms with Crippen LogP contribution in [0.3, 0.4) is 0 Å². The third kappa shape index (κ3) is 5.07. The Hall–Kier alpha value is -2.40. The number of hydrogen-bond donors (Lipinski definition) is 2. The van der Waals surface area contributed by atoms with Gasteiger partial charge in [-0.25, -0.2) is 4.39 Å². The van der Waals surface area contributed by atoms with Gasteiger partial charge in [0.2, 0.25) is 11.8 Å². The Balaban J connectivity index is 1.51. The van der Waals surface area contributed by atoms with Crippen LogP contribution in [0.25, 0.3) is 0 Å². The van der Waals surface area contributed by atoms with Gasteiger partial charge in [0, 0.05) is 28.2 Å². The predicted molar refractivity (Wildman–Crippen MR) is 105 cm³/mol. The van der Waals surface area contributed by atoms with Crippen molar-refractivity contribution >= 4 is 34.8 Å². The van der Waals surface area contributed by atoms with E-state index in [9.17, 15) is 14.0 Å². The summed E-state index contributed by atoms with van der Waals surface area (Å²) in [5.74, 6) is -0.831. The Morgan fingerprint density at radius 3 is 2.00 bits per heavy atom. The lowest BCUT2D eigenvalue weighted by molar-refractivity contribution is -0.125. The smallest absolute Gasteiger partial charge is 0.227 e. The van der Waals surface area contributed by atoms with Gasteiger partial charge in [-0.15, -0.1) is 0 Å². The molecule has 142 valence electrons. The van der Waals surface area contributed by atoms with Crippen molar-refractivity contribution in [3.8, 4) is 0 Å². The van der Waals surface area contributed by atoms with Gasteiger partial charge in [0.1, 0.15) is 5.82 Å². The van der Waals surface area contributed by atoms with Gasteiger partial charge < -0.3 is 10.6 Å². The number of rotatable bonds is 4. The molecule has 1 aliphatic carbocycles. The summed E-state index contributed by atoms with van der Waals surface area (Å²) in [4.78, 5) is 24.8. The second kappa shape index (κ2) is 8.53. The molecular weight excluding hydrogens is 367 g/mol. The van der Waals surface area contributed by atoms with E-state index in [4.69, 9.17) is 11.6 Å². The number of anilines is 2. The molecule has 27 heavy (non-hydrogen) atoms. The van der Waals surface area contributed by atoms with Crippen LogP contribution < -0.4 is 10.6 Å². The van der Waals surface area contributed by atoms with E-state index in [0.717, 1.165) is 5.56 Å². The van der Waals surface area contributed by atoms with Crippen LogP contribution in [0.1, 0.15) is 31.2 Å². The predicted octanol–water partition coefficient (Wildman–Crippen LogP) is 5.17. The van der Waals surface area contributed by atoms with Crippen molar-refractivity contribution in [1.82, 2.24) is 0 Å². The summed E-state index contributed by atoms with van der Waals surface area (Å²) in [5.41, 5.74) is 2.09. The van der Waals surface area contributed by atoms with Crippen LogP contribution in [0.2, 0.25) is 5.02 Å². The van der Waals surface area contributed by atoms with E-state index >= 15 is 0 Å². The Bertz CT molecular complexity index is 848. The molecule has 1 aliphatic rings. The topological polar surface area (TPSA) is 58.2 Å². The Kier molecular flexibility index (Phi) is 6.11. The van der Waals surface area contributed by atoms with Crippen LogP contribution in [0.4, 0.5) is 15.8 Å². The summed E-state index contributed by atoms with van der Waals surface area (Å²) >= 11 is 6.09. The van der Waals surface area contributed by atoms with Crippen molar-refractivity contribution in [3.63, 3.8) is 0 Å². The number of amides is 2. The molecule has 0 unspecified atom stereocenters. The Morgan fingerprint density at radius 1 is 0.926 bits per heavy atom. The Labute approximate surface area is 163 Å². The zero-order valence-corrected chi connectivity index (χ0v) is 15.9. The first kappa shape index (κ1) is 19.4. The molecule has 0 aliphatic heterocycles. The maximum atomic E-state index is 13.2. The highest BCUT2D eigenvalue weighted by Crippen LogP contribution is 2.31. The molecular formula is C21H22ClFN2O2. The van der Waals surface area contributed by atoms with Crippen LogP contribution in [-0.4, -0.2) is 11.8 Å². The molecule has 1 fully saturated rings. The molecule has 3 rings (SSSR count). The number of benzene rings is 2. The van der Waals surface area contributed by atoms with Crippen LogP contribution in [0.5, 0.6) is 0 Å². The van der Waals surface area contributed by atoms with Gasteiger partial charge in [-0.1, -0.05) is 23.7 Å². The summed E-state index contributed by atoms with van der Waals surface area (Å²) in [7, 11) is 0. The second-order valence-corrected chi connectivity index (χ2v) is 7.41. The molecule has 2 aromatic rings. The first-order chi connectivity index (χ1) is 12.9. The molecule has 2 amide bonds. The van der Waals surface area contributed by atoms with Gasteiger partial charge >= 0.3 is 0 Å². The maximum absolute atomic E-state index is 13.2. The van der Waals surface area contributed by atoms with Gasteiger partial charge in [-0.05, 0) is 68.5 Å². The molecule has 0 atom stereocenters. The number of aryl methyl sites for hydroxylation is 1. The lowest BCUT2D eigenvalue weighted by Crippen LogP contribution is -2.32. The molecule has 1 saturated carbocycles. The fraction of sp³-hybridized carbons (Fsp3) is 0.333. The quantitative estimate of drug-likeness (QED) is 0.758. The maximum Gasteiger partial charge on any atom is 0.227 e. The molecule has 0 aromatic heterocycles. The van der Waals surface area contributed by atoms with Crippen LogP contribution in [0, 0.1) is 24.6 Å². The summed E-state index contributed by atoms with van der Waals surface area (Å²) in [6.45, 7) is 1.91. The van der Waals surface area contributed by atoms with Gasteiger partial charge in [0.05, 0.1) is 0 Å². The summed E-state index contributed by atoms with van der Waals surface area (Å²) in [5, 5.41) is 6.27. The fourth-order valence-electron chi connectivity index (χ4n) is 3.34. The molecule has 6 heteroatoms. The lowest BCUT2D eigenvalue weighted by atomic mass is 9.81. The number of nitrogens with one attached hydrogen (secondary N) is 2. The van der Waals surface area contributed by atoms with Gasteiger partial charge in [-0.2, -0.15) is 0 Å². The monoisotopic (exact) mass is 388 g/mol. The largest absolute Gasteiger partial charge is 0.326 e. The molecule has 2 N–H and O–H groups in total. The standard InChI is InChI=1S/C21H22ClFN2O2/c1-13-5-10-18(12-19(13)22)25-21(27)15-8-6-14(7-9-15)20(26)24-17-4-2-3-16(23)11-17/h2-5,10-12,14-15H,6-9H2,1H3,(H,24,26)(H,25,27). The zero-order valence-electron chi connectivity index (χ0n) is 15.1. The minimum absolute atomic E-state index is 0.0427. The van der Waals surface area contributed by atoms with Crippen molar-refractivity contribution in [3.05, 3.63) is 58.9 Å². The SMILES string of the molecule is Cc1ccc(NC(=O)C2CCC(C(=O)Nc3cccc(F)c3)CC2)cc1Cl. The summed E-state index contributed by atoms with van der Waals surface area (Å²) in [6.07, 6.45) is 2.56. The third-order valence-electron chi connectivity index (χ3n) is 5.00. The van der Waals surface area contributed by atoms with E-state index in [1.165, 1.54) is 12.1 Å². The normalized spacial score (nSPS) is 19.4. The minimum atomic E-state index is -0.385. The minimum Gasteiger partial charge on any atom is -0.326 e. The molecule has 0 bridgehead atoms. The molecule has 0 saturated heterocycles. The first-order valence-corrected chi connectivity index (χ1v) is 9.43. The zero-order chi connectivity index (χ0) is 19.4. The first-order valence-electron chi connectivity index (χ1n) is 9.06. The molecule has 0 spiro atoms. The van der Waals surface area contributed by atoms with E-state index in [0.29, 0.717) is 42.1 Å². The van der Waals surface area contributed by atoms with Crippen molar-refractivity contribution < 1.29 is 14.0 Å². The van der Waals surface area contributed by atoms with Crippen molar-refractivity contribution in [2.75, 3.05) is 10.6 Å². The molecule has 0 radical (unpaired) electrons. The number of carbonyl (C=O) groups excluding carboxylic acids is 2. The lowest BCUT2D eigenvalue weighted by Gasteiger charge is -2.27. The molecule has 2 aromatic carbocycles. The van der Waals surface area contributed by atoms with Crippen LogP contribution in [0.15, 0.2) is 42.5 Å². The Morgan fingerprint density at radius 2 is 1.48 bits per heavy atom. The van der Waals surface area contributed by atoms with Gasteiger partial charge in [-0.3, -0.25) is 9.59 Å². The average molecular weight is 389 g/mol. The molecule has 4 nitrogen and oxygen atoms in total. The van der Waals surface area contributed by atoms with Crippen molar-refractivity contribution in [2.24, 2.45) is 11.8 Å². The highest BCUT2D eigenvalue weighted by atomic mass is 35.5. The van der Waals surface area contributed by atoms with Crippen molar-refractivity contribution in [1.29, 1.82) is 0 Å². The highest BCUT2D eigenvalue weighted by Gasteiger charge is 2.30.